The molecule has 0 saturated heterocycles. The molecule has 36 heavy (non-hydrogen) atoms. The number of rotatable bonds is 8. The molecule has 0 radical (unpaired) electrons. The van der Waals surface area contributed by atoms with Crippen molar-refractivity contribution in [1.29, 1.82) is 0 Å². The van der Waals surface area contributed by atoms with Crippen molar-refractivity contribution >= 4 is 29.4 Å². The number of carbonyl (C=O) groups excluding carboxylic acids is 4. The maximum Gasteiger partial charge on any atom is 0.338 e. The molecular formula is C27H23FN2O6. The van der Waals surface area contributed by atoms with Gasteiger partial charge in [0.15, 0.2) is 6.61 Å². The van der Waals surface area contributed by atoms with E-state index in [4.69, 9.17) is 9.47 Å². The summed E-state index contributed by atoms with van der Waals surface area (Å²) in [6.07, 6.45) is 0. The molecule has 8 nitrogen and oxygen atoms in total. The monoisotopic (exact) mass is 490 g/mol. The van der Waals surface area contributed by atoms with Crippen LogP contribution in [0, 0.1) is 5.82 Å². The van der Waals surface area contributed by atoms with E-state index in [1.54, 1.807) is 36.4 Å². The van der Waals surface area contributed by atoms with Crippen LogP contribution in [0.25, 0.3) is 0 Å². The number of nitrogens with zero attached hydrogens (tertiary/aromatic N) is 2. The van der Waals surface area contributed by atoms with Gasteiger partial charge in [-0.2, -0.15) is 0 Å². The first-order valence-electron chi connectivity index (χ1n) is 11.2. The third-order valence-corrected chi connectivity index (χ3v) is 5.61. The fraction of sp³-hybridized carbons (Fsp3) is 0.185. The summed E-state index contributed by atoms with van der Waals surface area (Å²) in [5, 5.41) is 0. The summed E-state index contributed by atoms with van der Waals surface area (Å²) in [6, 6.07) is 16.3. The molecule has 0 unspecified atom stereocenters. The molecule has 0 atom stereocenters. The number of fused-ring (bicyclic) bond motifs is 1. The van der Waals surface area contributed by atoms with Crippen molar-refractivity contribution in [2.45, 2.75) is 13.5 Å². The zero-order chi connectivity index (χ0) is 25.8. The highest BCUT2D eigenvalue weighted by Crippen LogP contribution is 2.30. The van der Waals surface area contributed by atoms with Gasteiger partial charge in [-0.15, -0.1) is 0 Å². The second kappa shape index (κ2) is 10.4. The van der Waals surface area contributed by atoms with Crippen molar-refractivity contribution in [3.63, 3.8) is 0 Å². The quantitative estimate of drug-likeness (QED) is 0.352. The molecule has 0 aromatic heterocycles. The summed E-state index contributed by atoms with van der Waals surface area (Å²) in [6.45, 7) is 2.04. The van der Waals surface area contributed by atoms with E-state index in [2.05, 4.69) is 0 Å². The van der Waals surface area contributed by atoms with Crippen molar-refractivity contribution in [2.24, 2.45) is 0 Å². The van der Waals surface area contributed by atoms with Gasteiger partial charge in [0.2, 0.25) is 0 Å². The summed E-state index contributed by atoms with van der Waals surface area (Å²) in [5.41, 5.74) is 1.38. The number of likely N-dealkylation sites (N-methyl/N-ethyl adjacent to an activating group) is 1. The third-order valence-electron chi connectivity index (χ3n) is 5.61. The number of hydrogen-bond acceptors (Lipinski definition) is 6. The van der Waals surface area contributed by atoms with Gasteiger partial charge >= 0.3 is 5.97 Å². The second-order valence-corrected chi connectivity index (χ2v) is 8.09. The number of halogens is 1. The largest absolute Gasteiger partial charge is 0.494 e. The minimum absolute atomic E-state index is 0.0393. The molecule has 4 rings (SSSR count). The van der Waals surface area contributed by atoms with Crippen LogP contribution in [0.5, 0.6) is 5.75 Å². The van der Waals surface area contributed by atoms with Crippen molar-refractivity contribution in [3.8, 4) is 5.75 Å². The van der Waals surface area contributed by atoms with Crippen molar-refractivity contribution in [1.82, 2.24) is 4.90 Å². The lowest BCUT2D eigenvalue weighted by atomic mass is 10.1. The number of esters is 1. The Kier molecular flexibility index (Phi) is 7.10. The smallest absolute Gasteiger partial charge is 0.338 e. The minimum Gasteiger partial charge on any atom is -0.494 e. The number of imide groups is 1. The normalized spacial score (nSPS) is 12.4. The molecular weight excluding hydrogens is 467 g/mol. The zero-order valence-electron chi connectivity index (χ0n) is 19.7. The highest BCUT2D eigenvalue weighted by Gasteiger charge is 2.37. The van der Waals surface area contributed by atoms with E-state index in [0.717, 1.165) is 10.5 Å². The number of ether oxygens (including phenoxy) is 2. The van der Waals surface area contributed by atoms with Crippen LogP contribution in [0.1, 0.15) is 43.6 Å². The van der Waals surface area contributed by atoms with Crippen molar-refractivity contribution in [3.05, 3.63) is 94.8 Å². The third kappa shape index (κ3) is 5.10. The molecule has 9 heteroatoms. The number of carbonyl (C=O) groups is 4. The lowest BCUT2D eigenvalue weighted by Crippen LogP contribution is -2.30. The summed E-state index contributed by atoms with van der Waals surface area (Å²) in [4.78, 5) is 53.1. The molecule has 0 bridgehead atoms. The van der Waals surface area contributed by atoms with Crippen molar-refractivity contribution < 1.29 is 33.0 Å². The molecule has 3 aromatic rings. The Morgan fingerprint density at radius 1 is 0.917 bits per heavy atom. The van der Waals surface area contributed by atoms with E-state index < -0.39 is 30.3 Å². The van der Waals surface area contributed by atoms with E-state index in [0.29, 0.717) is 18.0 Å². The van der Waals surface area contributed by atoms with Gasteiger partial charge in [-0.05, 0) is 67.1 Å². The van der Waals surface area contributed by atoms with E-state index >= 15 is 0 Å². The molecule has 0 aliphatic carbocycles. The lowest BCUT2D eigenvalue weighted by molar-refractivity contribution is -0.133. The molecule has 0 fully saturated rings. The highest BCUT2D eigenvalue weighted by atomic mass is 19.1. The standard InChI is InChI=1S/C27H23FN2O6/c1-3-35-21-11-9-20(10-12-21)30-25(32)22-13-6-18(14-23(22)26(30)33)27(34)36-16-24(31)29(2)15-17-4-7-19(28)8-5-17/h4-14H,3,15-16H2,1-2H3. The van der Waals surface area contributed by atoms with Gasteiger partial charge in [0, 0.05) is 13.6 Å². The Hall–Kier alpha value is -4.53. The average molecular weight is 490 g/mol. The van der Waals surface area contributed by atoms with Gasteiger partial charge in [-0.3, -0.25) is 14.4 Å². The Morgan fingerprint density at radius 3 is 2.25 bits per heavy atom. The molecule has 3 amide bonds. The number of amides is 3. The molecule has 184 valence electrons. The molecule has 0 N–H and O–H groups in total. The van der Waals surface area contributed by atoms with Crippen LogP contribution in [0.2, 0.25) is 0 Å². The van der Waals surface area contributed by atoms with Crippen LogP contribution in [0.3, 0.4) is 0 Å². The van der Waals surface area contributed by atoms with E-state index in [1.807, 2.05) is 6.92 Å². The Morgan fingerprint density at radius 2 is 1.58 bits per heavy atom. The molecule has 3 aromatic carbocycles. The van der Waals surface area contributed by atoms with Crippen LogP contribution in [0.15, 0.2) is 66.7 Å². The van der Waals surface area contributed by atoms with Gasteiger partial charge in [0.25, 0.3) is 17.7 Å². The SMILES string of the molecule is CCOc1ccc(N2C(=O)c3ccc(C(=O)OCC(=O)N(C)Cc4ccc(F)cc4)cc3C2=O)cc1. The zero-order valence-corrected chi connectivity index (χ0v) is 19.7. The Labute approximate surface area is 206 Å². The number of hydrogen-bond donors (Lipinski definition) is 0. The van der Waals surface area contributed by atoms with Gasteiger partial charge in [0.1, 0.15) is 11.6 Å². The van der Waals surface area contributed by atoms with Crippen LogP contribution < -0.4 is 9.64 Å². The Balaban J connectivity index is 1.40. The summed E-state index contributed by atoms with van der Waals surface area (Å²) in [5.74, 6) is -2.09. The topological polar surface area (TPSA) is 93.2 Å². The number of anilines is 1. The summed E-state index contributed by atoms with van der Waals surface area (Å²) < 4.78 is 23.6. The molecule has 1 heterocycles. The van der Waals surface area contributed by atoms with E-state index in [-0.39, 0.29) is 29.1 Å². The van der Waals surface area contributed by atoms with Crippen LogP contribution in [0.4, 0.5) is 10.1 Å². The predicted molar refractivity (Wildman–Crippen MR) is 128 cm³/mol. The maximum atomic E-state index is 13.0. The Bertz CT molecular complexity index is 1320. The van der Waals surface area contributed by atoms with Gasteiger partial charge < -0.3 is 14.4 Å². The summed E-state index contributed by atoms with van der Waals surface area (Å²) >= 11 is 0. The first-order chi connectivity index (χ1) is 17.3. The minimum atomic E-state index is -0.805. The molecule has 0 saturated carbocycles. The fourth-order valence-electron chi connectivity index (χ4n) is 3.73. The maximum absolute atomic E-state index is 13.0. The van der Waals surface area contributed by atoms with Crippen LogP contribution in [-0.4, -0.2) is 48.9 Å². The first-order valence-corrected chi connectivity index (χ1v) is 11.2. The highest BCUT2D eigenvalue weighted by molar-refractivity contribution is 6.34. The molecule has 0 spiro atoms. The molecule has 1 aliphatic heterocycles. The first kappa shape index (κ1) is 24.6. The predicted octanol–water partition coefficient (Wildman–Crippen LogP) is 3.84. The number of benzene rings is 3. The molecule has 1 aliphatic rings. The second-order valence-electron chi connectivity index (χ2n) is 8.09. The fourth-order valence-corrected chi connectivity index (χ4v) is 3.73. The van der Waals surface area contributed by atoms with Gasteiger partial charge in [-0.1, -0.05) is 12.1 Å². The van der Waals surface area contributed by atoms with E-state index in [9.17, 15) is 23.6 Å². The average Bonchev–Trinajstić information content (AvgIpc) is 3.13. The summed E-state index contributed by atoms with van der Waals surface area (Å²) in [7, 11) is 1.54. The van der Waals surface area contributed by atoms with Crippen LogP contribution in [-0.2, 0) is 16.1 Å². The van der Waals surface area contributed by atoms with Crippen LogP contribution >= 0.6 is 0 Å². The van der Waals surface area contributed by atoms with Gasteiger partial charge in [-0.25, -0.2) is 14.1 Å². The van der Waals surface area contributed by atoms with Crippen molar-refractivity contribution in [2.75, 3.05) is 25.2 Å². The van der Waals surface area contributed by atoms with E-state index in [1.165, 1.54) is 42.3 Å². The lowest BCUT2D eigenvalue weighted by Gasteiger charge is -2.17. The van der Waals surface area contributed by atoms with Gasteiger partial charge in [0.05, 0.1) is 29.0 Å².